The van der Waals surface area contributed by atoms with Crippen molar-refractivity contribution in [3.63, 3.8) is 0 Å². The van der Waals surface area contributed by atoms with E-state index in [1.54, 1.807) is 0 Å². The van der Waals surface area contributed by atoms with Gasteiger partial charge >= 0.3 is 8.56 Å². The molecule has 0 heterocycles. The highest BCUT2D eigenvalue weighted by Crippen LogP contribution is 2.12. The molecule has 0 aliphatic rings. The molecule has 1 unspecified atom stereocenters. The van der Waals surface area contributed by atoms with Gasteiger partial charge in [-0.2, -0.15) is 0 Å². The van der Waals surface area contributed by atoms with E-state index in [0.29, 0.717) is 0 Å². The molecule has 0 rings (SSSR count). The maximum absolute atomic E-state index is 5.91. The molecule has 0 radical (unpaired) electrons. The summed E-state index contributed by atoms with van der Waals surface area (Å²) in [6.45, 7) is 11.9. The van der Waals surface area contributed by atoms with Gasteiger partial charge in [0.15, 0.2) is 0 Å². The summed E-state index contributed by atoms with van der Waals surface area (Å²) in [5, 5.41) is 0. The van der Waals surface area contributed by atoms with E-state index >= 15 is 0 Å². The van der Waals surface area contributed by atoms with Gasteiger partial charge in [0, 0.05) is 13.2 Å². The average molecular weight is 273 g/mol. The highest BCUT2D eigenvalue weighted by molar-refractivity contribution is 6.71. The van der Waals surface area contributed by atoms with Gasteiger partial charge in [-0.15, -0.1) is 6.58 Å². The molecule has 0 aliphatic carbocycles. The average Bonchev–Trinajstić information content (AvgIpc) is 2.39. The Morgan fingerprint density at radius 1 is 0.833 bits per heavy atom. The van der Waals surface area contributed by atoms with Crippen LogP contribution in [0.4, 0.5) is 0 Å². The molecular formula is C15H32O2Si. The van der Waals surface area contributed by atoms with Crippen molar-refractivity contribution >= 4 is 8.56 Å². The van der Waals surface area contributed by atoms with Crippen molar-refractivity contribution in [2.45, 2.75) is 71.8 Å². The van der Waals surface area contributed by atoms with E-state index in [9.17, 15) is 0 Å². The molecule has 0 aliphatic heterocycles. The van der Waals surface area contributed by atoms with Gasteiger partial charge in [0.25, 0.3) is 0 Å². The van der Waals surface area contributed by atoms with Crippen LogP contribution in [0.25, 0.3) is 0 Å². The van der Waals surface area contributed by atoms with E-state index in [1.165, 1.54) is 38.5 Å². The summed E-state index contributed by atoms with van der Waals surface area (Å²) in [5.74, 6) is 0. The second-order valence-electron chi connectivity index (χ2n) is 5.04. The molecule has 0 amide bonds. The molecule has 0 bridgehead atoms. The third-order valence-corrected chi connectivity index (χ3v) is 5.40. The molecule has 0 aromatic rings. The molecule has 0 fully saturated rings. The zero-order valence-electron chi connectivity index (χ0n) is 12.7. The third kappa shape index (κ3) is 9.86. The molecule has 18 heavy (non-hydrogen) atoms. The van der Waals surface area contributed by atoms with Gasteiger partial charge in [-0.3, -0.25) is 0 Å². The van der Waals surface area contributed by atoms with Crippen molar-refractivity contribution < 1.29 is 8.85 Å². The molecule has 0 N–H and O–H groups in total. The predicted molar refractivity (Wildman–Crippen MR) is 82.0 cm³/mol. The van der Waals surface area contributed by atoms with Gasteiger partial charge < -0.3 is 8.85 Å². The van der Waals surface area contributed by atoms with E-state index in [4.69, 9.17) is 8.85 Å². The molecule has 2 nitrogen and oxygen atoms in total. The van der Waals surface area contributed by atoms with Gasteiger partial charge in [0.2, 0.25) is 0 Å². The van der Waals surface area contributed by atoms with Crippen LogP contribution >= 0.6 is 0 Å². The fourth-order valence-electron chi connectivity index (χ4n) is 1.80. The summed E-state index contributed by atoms with van der Waals surface area (Å²) in [6, 6.07) is 0. The molecule has 0 aromatic carbocycles. The van der Waals surface area contributed by atoms with E-state index in [0.717, 1.165) is 26.1 Å². The van der Waals surface area contributed by atoms with Crippen LogP contribution in [0.15, 0.2) is 12.3 Å². The summed E-state index contributed by atoms with van der Waals surface area (Å²) in [7, 11) is -2.06. The van der Waals surface area contributed by atoms with Gasteiger partial charge in [-0.05, 0) is 25.1 Å². The second-order valence-corrected chi connectivity index (χ2v) is 8.06. The smallest absolute Gasteiger partial charge is 0.361 e. The Balaban J connectivity index is 3.47. The predicted octanol–water partition coefficient (Wildman–Crippen LogP) is 4.98. The Morgan fingerprint density at radius 2 is 1.39 bits per heavy atom. The van der Waals surface area contributed by atoms with Crippen LogP contribution in [-0.2, 0) is 8.85 Å². The van der Waals surface area contributed by atoms with Crippen molar-refractivity contribution in [3.8, 4) is 0 Å². The lowest BCUT2D eigenvalue weighted by atomic mass is 10.1. The second kappa shape index (κ2) is 11.9. The van der Waals surface area contributed by atoms with Crippen LogP contribution in [0.5, 0.6) is 0 Å². The summed E-state index contributed by atoms with van der Waals surface area (Å²) in [5.41, 5.74) is 1.89. The topological polar surface area (TPSA) is 18.5 Å². The fourth-order valence-corrected chi connectivity index (χ4v) is 3.28. The molecule has 3 heteroatoms. The van der Waals surface area contributed by atoms with Crippen molar-refractivity contribution in [3.05, 3.63) is 12.3 Å². The maximum atomic E-state index is 5.91. The number of hydrogen-bond donors (Lipinski definition) is 0. The lowest BCUT2D eigenvalue weighted by Crippen LogP contribution is -2.37. The van der Waals surface area contributed by atoms with Crippen molar-refractivity contribution in [1.82, 2.24) is 0 Å². The maximum Gasteiger partial charge on any atom is 0.361 e. The zero-order chi connectivity index (χ0) is 13.7. The first kappa shape index (κ1) is 17.9. The van der Waals surface area contributed by atoms with Crippen LogP contribution < -0.4 is 0 Å². The SMILES string of the molecule is C=C[Si](C)(OCCC)OCCCCCCCCC. The van der Waals surface area contributed by atoms with Crippen LogP contribution in [-0.4, -0.2) is 21.8 Å². The lowest BCUT2D eigenvalue weighted by molar-refractivity contribution is 0.181. The van der Waals surface area contributed by atoms with Gasteiger partial charge in [-0.25, -0.2) is 0 Å². The van der Waals surface area contributed by atoms with Crippen molar-refractivity contribution in [2.24, 2.45) is 0 Å². The first-order valence-electron chi connectivity index (χ1n) is 7.60. The van der Waals surface area contributed by atoms with Gasteiger partial charge in [-0.1, -0.05) is 52.4 Å². The van der Waals surface area contributed by atoms with E-state index < -0.39 is 8.56 Å². The first-order chi connectivity index (χ1) is 8.68. The molecule has 0 spiro atoms. The number of unbranched alkanes of at least 4 members (excludes halogenated alkanes) is 6. The summed E-state index contributed by atoms with van der Waals surface area (Å²) in [6.07, 6.45) is 10.3. The third-order valence-electron chi connectivity index (χ3n) is 3.10. The lowest BCUT2D eigenvalue weighted by Gasteiger charge is -2.23. The largest absolute Gasteiger partial charge is 0.391 e. The minimum atomic E-state index is -2.06. The van der Waals surface area contributed by atoms with Crippen LogP contribution in [0.1, 0.15) is 65.2 Å². The highest BCUT2D eigenvalue weighted by Gasteiger charge is 2.26. The fraction of sp³-hybridized carbons (Fsp3) is 0.867. The molecule has 1 atom stereocenters. The van der Waals surface area contributed by atoms with Gasteiger partial charge in [0.05, 0.1) is 0 Å². The summed E-state index contributed by atoms with van der Waals surface area (Å²) in [4.78, 5) is 0. The van der Waals surface area contributed by atoms with Crippen LogP contribution in [0, 0.1) is 0 Å². The Morgan fingerprint density at radius 3 is 1.94 bits per heavy atom. The standard InChI is InChI=1S/C15H32O2Si/c1-5-8-9-10-11-12-13-15-17-18(4,7-3)16-14-6-2/h7H,3,5-6,8-15H2,1-2,4H3. The monoisotopic (exact) mass is 272 g/mol. The molecule has 0 saturated heterocycles. The first-order valence-corrected chi connectivity index (χ1v) is 9.99. The summed E-state index contributed by atoms with van der Waals surface area (Å²) >= 11 is 0. The Labute approximate surface area is 115 Å². The zero-order valence-corrected chi connectivity index (χ0v) is 13.7. The minimum absolute atomic E-state index is 0.783. The van der Waals surface area contributed by atoms with Gasteiger partial charge in [0.1, 0.15) is 0 Å². The normalized spacial score (nSPS) is 14.4. The van der Waals surface area contributed by atoms with Crippen molar-refractivity contribution in [2.75, 3.05) is 13.2 Å². The van der Waals surface area contributed by atoms with Crippen LogP contribution in [0.2, 0.25) is 6.55 Å². The van der Waals surface area contributed by atoms with Crippen LogP contribution in [0.3, 0.4) is 0 Å². The Kier molecular flexibility index (Phi) is 11.9. The van der Waals surface area contributed by atoms with Crippen molar-refractivity contribution in [1.29, 1.82) is 0 Å². The van der Waals surface area contributed by atoms with E-state index in [-0.39, 0.29) is 0 Å². The highest BCUT2D eigenvalue weighted by atomic mass is 28.4. The Hall–Kier alpha value is -0.123. The minimum Gasteiger partial charge on any atom is -0.391 e. The summed E-state index contributed by atoms with van der Waals surface area (Å²) < 4.78 is 11.7. The molecular weight excluding hydrogens is 240 g/mol. The van der Waals surface area contributed by atoms with E-state index in [1.807, 2.05) is 5.70 Å². The molecule has 0 saturated carbocycles. The van der Waals surface area contributed by atoms with E-state index in [2.05, 4.69) is 27.0 Å². The Bertz CT molecular complexity index is 197. The number of hydrogen-bond acceptors (Lipinski definition) is 2. The molecule has 108 valence electrons. The number of rotatable bonds is 13. The quantitative estimate of drug-likeness (QED) is 0.348. The molecule has 0 aromatic heterocycles.